The van der Waals surface area contributed by atoms with Crippen LogP contribution in [0, 0.1) is 6.07 Å². The number of hydrogen-bond acceptors (Lipinski definition) is 2. The lowest BCUT2D eigenvalue weighted by molar-refractivity contribution is 1.39. The Morgan fingerprint density at radius 1 is 1.00 bits per heavy atom. The molecular formula is C12H7N2. The summed E-state index contributed by atoms with van der Waals surface area (Å²) in [6, 6.07) is 13.0. The molecule has 14 heavy (non-hydrogen) atoms. The number of pyridine rings is 2. The van der Waals surface area contributed by atoms with E-state index in [-0.39, 0.29) is 0 Å². The van der Waals surface area contributed by atoms with Crippen molar-refractivity contribution >= 4 is 21.8 Å². The first-order valence-corrected chi connectivity index (χ1v) is 4.45. The van der Waals surface area contributed by atoms with E-state index in [1.165, 1.54) is 0 Å². The minimum absolute atomic E-state index is 0.943. The van der Waals surface area contributed by atoms with Crippen molar-refractivity contribution in [2.75, 3.05) is 0 Å². The highest BCUT2D eigenvalue weighted by Crippen LogP contribution is 2.20. The largest absolute Gasteiger partial charge is 0.256 e. The van der Waals surface area contributed by atoms with Gasteiger partial charge in [0.25, 0.3) is 0 Å². The van der Waals surface area contributed by atoms with Gasteiger partial charge in [-0.1, -0.05) is 12.1 Å². The van der Waals surface area contributed by atoms with Gasteiger partial charge in [-0.15, -0.1) is 0 Å². The third-order valence-corrected chi connectivity index (χ3v) is 2.27. The normalized spacial score (nSPS) is 10.9. The molecule has 0 saturated heterocycles. The van der Waals surface area contributed by atoms with E-state index in [2.05, 4.69) is 16.0 Å². The topological polar surface area (TPSA) is 25.8 Å². The van der Waals surface area contributed by atoms with Crippen LogP contribution in [0.3, 0.4) is 0 Å². The first-order chi connectivity index (χ1) is 6.95. The lowest BCUT2D eigenvalue weighted by Crippen LogP contribution is -1.82. The van der Waals surface area contributed by atoms with Crippen LogP contribution < -0.4 is 0 Å². The van der Waals surface area contributed by atoms with Gasteiger partial charge >= 0.3 is 0 Å². The van der Waals surface area contributed by atoms with E-state index in [0.717, 1.165) is 21.8 Å². The van der Waals surface area contributed by atoms with E-state index in [1.807, 2.05) is 30.3 Å². The van der Waals surface area contributed by atoms with Crippen LogP contribution >= 0.6 is 0 Å². The van der Waals surface area contributed by atoms with Crippen molar-refractivity contribution in [2.24, 2.45) is 0 Å². The Morgan fingerprint density at radius 3 is 3.00 bits per heavy atom. The number of nitrogens with zero attached hydrogens (tertiary/aromatic N) is 2. The van der Waals surface area contributed by atoms with Gasteiger partial charge in [-0.3, -0.25) is 9.97 Å². The number of aromatic nitrogens is 2. The summed E-state index contributed by atoms with van der Waals surface area (Å²) in [5.74, 6) is 0. The molecule has 65 valence electrons. The Bertz CT molecular complexity index is 547. The Hall–Kier alpha value is -1.96. The number of hydrogen-bond donors (Lipinski definition) is 0. The van der Waals surface area contributed by atoms with Gasteiger partial charge in [-0.25, -0.2) is 0 Å². The molecule has 0 fully saturated rings. The highest BCUT2D eigenvalue weighted by atomic mass is 14.7. The quantitative estimate of drug-likeness (QED) is 0.496. The SMILES string of the molecule is [c]1ccnc2ccc3cccnc3c12. The summed E-state index contributed by atoms with van der Waals surface area (Å²) in [6.07, 6.45) is 3.54. The van der Waals surface area contributed by atoms with E-state index in [0.29, 0.717) is 0 Å². The third kappa shape index (κ3) is 0.973. The average Bonchev–Trinajstić information content (AvgIpc) is 2.29. The predicted molar refractivity (Wildman–Crippen MR) is 55.9 cm³/mol. The minimum Gasteiger partial charge on any atom is -0.256 e. The number of benzene rings is 1. The molecule has 2 nitrogen and oxygen atoms in total. The van der Waals surface area contributed by atoms with Crippen molar-refractivity contribution in [3.63, 3.8) is 0 Å². The molecule has 0 bridgehead atoms. The molecule has 0 aliphatic rings. The van der Waals surface area contributed by atoms with Crippen molar-refractivity contribution in [3.05, 3.63) is 48.8 Å². The van der Waals surface area contributed by atoms with Crippen molar-refractivity contribution in [3.8, 4) is 0 Å². The minimum atomic E-state index is 0.943. The molecular weight excluding hydrogens is 172 g/mol. The van der Waals surface area contributed by atoms with Crippen molar-refractivity contribution < 1.29 is 0 Å². The Kier molecular flexibility index (Phi) is 1.47. The van der Waals surface area contributed by atoms with Gasteiger partial charge in [0.15, 0.2) is 0 Å². The van der Waals surface area contributed by atoms with Crippen LogP contribution in [0.5, 0.6) is 0 Å². The number of fused-ring (bicyclic) bond motifs is 3. The van der Waals surface area contributed by atoms with E-state index >= 15 is 0 Å². The second-order valence-electron chi connectivity index (χ2n) is 3.12. The molecule has 2 heterocycles. The van der Waals surface area contributed by atoms with E-state index < -0.39 is 0 Å². The van der Waals surface area contributed by atoms with E-state index in [9.17, 15) is 0 Å². The van der Waals surface area contributed by atoms with Crippen molar-refractivity contribution in [1.82, 2.24) is 9.97 Å². The Morgan fingerprint density at radius 2 is 2.00 bits per heavy atom. The van der Waals surface area contributed by atoms with Gasteiger partial charge in [-0.05, 0) is 24.3 Å². The van der Waals surface area contributed by atoms with Gasteiger partial charge in [0.1, 0.15) is 0 Å². The highest BCUT2D eigenvalue weighted by Gasteiger charge is 2.00. The molecule has 3 aromatic rings. The van der Waals surface area contributed by atoms with Crippen LogP contribution in [-0.2, 0) is 0 Å². The highest BCUT2D eigenvalue weighted by molar-refractivity contribution is 6.02. The molecule has 0 aliphatic carbocycles. The summed E-state index contributed by atoms with van der Waals surface area (Å²) in [7, 11) is 0. The van der Waals surface area contributed by atoms with Crippen LogP contribution in [0.25, 0.3) is 21.8 Å². The second-order valence-corrected chi connectivity index (χ2v) is 3.12. The summed E-state index contributed by atoms with van der Waals surface area (Å²) in [6.45, 7) is 0. The van der Waals surface area contributed by atoms with Gasteiger partial charge in [0.05, 0.1) is 11.0 Å². The summed E-state index contributed by atoms with van der Waals surface area (Å²) < 4.78 is 0. The maximum absolute atomic E-state index is 4.34. The molecule has 0 unspecified atom stereocenters. The summed E-state index contributed by atoms with van der Waals surface area (Å²) in [5, 5.41) is 2.12. The fourth-order valence-corrected chi connectivity index (χ4v) is 1.62. The third-order valence-electron chi connectivity index (χ3n) is 2.27. The van der Waals surface area contributed by atoms with Gasteiger partial charge in [0.2, 0.25) is 0 Å². The molecule has 0 amide bonds. The van der Waals surface area contributed by atoms with E-state index in [4.69, 9.17) is 0 Å². The van der Waals surface area contributed by atoms with Crippen LogP contribution in [0.2, 0.25) is 0 Å². The molecule has 2 aromatic heterocycles. The first kappa shape index (κ1) is 7.44. The molecule has 0 N–H and O–H groups in total. The standard InChI is InChI=1S/C12H7N2/c1-3-9-5-6-11-10(4-2-7-13-11)12(9)14-8-1/h1-3,5-8H. The van der Waals surface area contributed by atoms with Crippen molar-refractivity contribution in [1.29, 1.82) is 0 Å². The van der Waals surface area contributed by atoms with Crippen LogP contribution in [0.4, 0.5) is 0 Å². The number of rotatable bonds is 0. The molecule has 2 heteroatoms. The maximum Gasteiger partial charge on any atom is 0.0802 e. The zero-order valence-corrected chi connectivity index (χ0v) is 7.44. The molecule has 3 rings (SSSR count). The maximum atomic E-state index is 4.34. The summed E-state index contributed by atoms with van der Waals surface area (Å²) in [5.41, 5.74) is 1.91. The van der Waals surface area contributed by atoms with E-state index in [1.54, 1.807) is 12.4 Å². The Balaban J connectivity index is 2.61. The molecule has 1 aromatic carbocycles. The zero-order chi connectivity index (χ0) is 9.38. The zero-order valence-electron chi connectivity index (χ0n) is 7.44. The lowest BCUT2D eigenvalue weighted by atomic mass is 10.1. The monoisotopic (exact) mass is 179 g/mol. The predicted octanol–water partition coefficient (Wildman–Crippen LogP) is 2.58. The van der Waals surface area contributed by atoms with Crippen LogP contribution in [-0.4, -0.2) is 9.97 Å². The molecule has 1 radical (unpaired) electrons. The average molecular weight is 179 g/mol. The Labute approximate surface area is 81.2 Å². The van der Waals surface area contributed by atoms with Crippen LogP contribution in [0.1, 0.15) is 0 Å². The lowest BCUT2D eigenvalue weighted by Gasteiger charge is -2.00. The fourth-order valence-electron chi connectivity index (χ4n) is 1.62. The second kappa shape index (κ2) is 2.77. The molecule has 0 atom stereocenters. The van der Waals surface area contributed by atoms with Gasteiger partial charge in [-0.2, -0.15) is 0 Å². The molecule has 0 saturated carbocycles. The van der Waals surface area contributed by atoms with Gasteiger partial charge in [0, 0.05) is 23.2 Å². The molecule has 0 spiro atoms. The van der Waals surface area contributed by atoms with Crippen LogP contribution in [0.15, 0.2) is 42.7 Å². The first-order valence-electron chi connectivity index (χ1n) is 4.45. The van der Waals surface area contributed by atoms with Gasteiger partial charge < -0.3 is 0 Å². The summed E-state index contributed by atoms with van der Waals surface area (Å²) in [4.78, 5) is 8.60. The molecule has 0 aliphatic heterocycles. The smallest absolute Gasteiger partial charge is 0.0802 e. The van der Waals surface area contributed by atoms with Crippen molar-refractivity contribution in [2.45, 2.75) is 0 Å². The fraction of sp³-hybridized carbons (Fsp3) is 0. The summed E-state index contributed by atoms with van der Waals surface area (Å²) >= 11 is 0.